The Bertz CT molecular complexity index is 510. The molecule has 2 rings (SSSR count). The second-order valence-electron chi connectivity index (χ2n) is 5.14. The van der Waals surface area contributed by atoms with Crippen LogP contribution in [0.1, 0.15) is 20.3 Å². The van der Waals surface area contributed by atoms with Crippen LogP contribution in [-0.2, 0) is 19.4 Å². The van der Waals surface area contributed by atoms with Crippen molar-refractivity contribution in [1.82, 2.24) is 4.90 Å². The molecule has 8 heteroatoms. The number of β-lactam (4-membered cyclic amide) rings is 1. The van der Waals surface area contributed by atoms with Crippen molar-refractivity contribution in [3.63, 3.8) is 0 Å². The van der Waals surface area contributed by atoms with Crippen LogP contribution in [0.3, 0.4) is 0 Å². The summed E-state index contributed by atoms with van der Waals surface area (Å²) in [5.41, 5.74) is 0. The summed E-state index contributed by atoms with van der Waals surface area (Å²) in [4.78, 5) is 23.9. The molecular formula is C10H15NO6S. The van der Waals surface area contributed by atoms with E-state index in [9.17, 15) is 18.0 Å². The molecule has 2 aliphatic rings. The molecule has 0 radical (unpaired) electrons. The maximum absolute atomic E-state index is 12.3. The molecule has 0 saturated carbocycles. The van der Waals surface area contributed by atoms with E-state index in [1.807, 2.05) is 0 Å². The van der Waals surface area contributed by atoms with E-state index in [1.54, 1.807) is 0 Å². The molecule has 7 nitrogen and oxygen atoms in total. The van der Waals surface area contributed by atoms with Gasteiger partial charge >= 0.3 is 5.97 Å². The summed E-state index contributed by atoms with van der Waals surface area (Å²) in [5, 5.41) is 16.9. The zero-order valence-corrected chi connectivity index (χ0v) is 10.8. The third kappa shape index (κ3) is 1.30. The largest absolute Gasteiger partial charge is 0.480 e. The number of fused-ring (bicyclic) bond motifs is 1. The van der Waals surface area contributed by atoms with E-state index in [0.29, 0.717) is 0 Å². The summed E-state index contributed by atoms with van der Waals surface area (Å²) >= 11 is 0. The first-order chi connectivity index (χ1) is 8.17. The number of aliphatic hydroxyl groups is 1. The van der Waals surface area contributed by atoms with Crippen LogP contribution >= 0.6 is 0 Å². The Labute approximate surface area is 104 Å². The summed E-state index contributed by atoms with van der Waals surface area (Å²) < 4.78 is 23.1. The van der Waals surface area contributed by atoms with Crippen LogP contribution in [0.5, 0.6) is 0 Å². The molecule has 3 atom stereocenters. The third-order valence-corrected chi connectivity index (χ3v) is 6.73. The van der Waals surface area contributed by atoms with E-state index in [2.05, 4.69) is 0 Å². The van der Waals surface area contributed by atoms with Gasteiger partial charge in [-0.3, -0.25) is 4.79 Å². The minimum Gasteiger partial charge on any atom is -0.480 e. The highest BCUT2D eigenvalue weighted by Gasteiger charge is 2.71. The molecule has 2 fully saturated rings. The molecule has 0 aromatic carbocycles. The number of aliphatic carboxylic acids is 1. The highest BCUT2D eigenvalue weighted by atomic mass is 32.2. The van der Waals surface area contributed by atoms with E-state index in [0.717, 1.165) is 4.90 Å². The van der Waals surface area contributed by atoms with Crippen molar-refractivity contribution in [1.29, 1.82) is 0 Å². The van der Waals surface area contributed by atoms with E-state index in [-0.39, 0.29) is 13.0 Å². The number of carbonyl (C=O) groups is 2. The van der Waals surface area contributed by atoms with Crippen molar-refractivity contribution in [3.05, 3.63) is 0 Å². The summed E-state index contributed by atoms with van der Waals surface area (Å²) in [6.45, 7) is 2.35. The Morgan fingerprint density at radius 2 is 2.00 bits per heavy atom. The number of carboxylic acids is 1. The number of nitrogens with zero attached hydrogens (tertiary/aromatic N) is 1. The first-order valence-corrected chi connectivity index (χ1v) is 7.12. The lowest BCUT2D eigenvalue weighted by Gasteiger charge is -2.42. The van der Waals surface area contributed by atoms with Crippen molar-refractivity contribution in [2.24, 2.45) is 5.92 Å². The Morgan fingerprint density at radius 1 is 1.44 bits per heavy atom. The quantitative estimate of drug-likeness (QED) is 0.628. The number of aliphatic hydroxyl groups excluding tert-OH is 1. The van der Waals surface area contributed by atoms with Crippen LogP contribution in [0.25, 0.3) is 0 Å². The van der Waals surface area contributed by atoms with Gasteiger partial charge in [-0.25, -0.2) is 13.2 Å². The van der Waals surface area contributed by atoms with Crippen LogP contribution in [0.4, 0.5) is 0 Å². The summed E-state index contributed by atoms with van der Waals surface area (Å²) in [6.07, 6.45) is 0.0433. The highest BCUT2D eigenvalue weighted by molar-refractivity contribution is 7.93. The minimum atomic E-state index is -3.75. The average Bonchev–Trinajstić information content (AvgIpc) is 2.38. The van der Waals surface area contributed by atoms with Gasteiger partial charge in [0, 0.05) is 6.61 Å². The Hall–Kier alpha value is -1.15. The van der Waals surface area contributed by atoms with Gasteiger partial charge in [-0.2, -0.15) is 0 Å². The number of hydrogen-bond acceptors (Lipinski definition) is 5. The van der Waals surface area contributed by atoms with E-state index < -0.39 is 43.8 Å². The average molecular weight is 277 g/mol. The molecule has 0 aliphatic carbocycles. The molecule has 0 spiro atoms. The molecule has 0 aromatic rings. The number of sulfone groups is 1. The molecule has 18 heavy (non-hydrogen) atoms. The highest BCUT2D eigenvalue weighted by Crippen LogP contribution is 2.49. The predicted molar refractivity (Wildman–Crippen MR) is 60.2 cm³/mol. The fourth-order valence-electron chi connectivity index (χ4n) is 2.81. The number of hydrogen-bond donors (Lipinski definition) is 2. The SMILES string of the molecule is CC1(C)[C@H](C(=O)O)N2C(=O)[C@@H](CCO)[C@H]2S1(=O)=O. The van der Waals surface area contributed by atoms with Gasteiger partial charge in [-0.1, -0.05) is 0 Å². The Kier molecular flexibility index (Phi) is 2.71. The second-order valence-corrected chi connectivity index (χ2v) is 7.77. The van der Waals surface area contributed by atoms with E-state index in [4.69, 9.17) is 10.2 Å². The smallest absolute Gasteiger partial charge is 0.328 e. The predicted octanol–water partition coefficient (Wildman–Crippen LogP) is -1.19. The van der Waals surface area contributed by atoms with Crippen molar-refractivity contribution in [3.8, 4) is 0 Å². The van der Waals surface area contributed by atoms with Crippen molar-refractivity contribution < 1.29 is 28.2 Å². The van der Waals surface area contributed by atoms with Gasteiger partial charge in [-0.15, -0.1) is 0 Å². The lowest BCUT2D eigenvalue weighted by Crippen LogP contribution is -2.63. The number of rotatable bonds is 3. The lowest BCUT2D eigenvalue weighted by atomic mass is 9.90. The number of carbonyl (C=O) groups excluding carboxylic acids is 1. The lowest BCUT2D eigenvalue weighted by molar-refractivity contribution is -0.164. The van der Waals surface area contributed by atoms with Crippen molar-refractivity contribution in [2.45, 2.75) is 36.4 Å². The molecule has 0 aromatic heterocycles. The van der Waals surface area contributed by atoms with Gasteiger partial charge < -0.3 is 15.1 Å². The zero-order valence-electron chi connectivity index (χ0n) is 10.0. The molecular weight excluding hydrogens is 262 g/mol. The van der Waals surface area contributed by atoms with Gasteiger partial charge in [0.1, 0.15) is 11.4 Å². The molecule has 2 N–H and O–H groups in total. The fraction of sp³-hybridized carbons (Fsp3) is 0.800. The van der Waals surface area contributed by atoms with Crippen LogP contribution < -0.4 is 0 Å². The van der Waals surface area contributed by atoms with Crippen LogP contribution in [0.15, 0.2) is 0 Å². The summed E-state index contributed by atoms with van der Waals surface area (Å²) in [5.74, 6) is -2.64. The minimum absolute atomic E-state index is 0.0433. The Balaban J connectivity index is 2.49. The van der Waals surface area contributed by atoms with Crippen LogP contribution in [0, 0.1) is 5.92 Å². The maximum Gasteiger partial charge on any atom is 0.328 e. The van der Waals surface area contributed by atoms with Gasteiger partial charge in [0.2, 0.25) is 5.91 Å². The molecule has 2 saturated heterocycles. The number of amides is 1. The molecule has 1 amide bonds. The van der Waals surface area contributed by atoms with Crippen molar-refractivity contribution >= 4 is 21.7 Å². The molecule has 102 valence electrons. The standard InChI is InChI=1S/C10H15NO6S/c1-10(2)6(9(14)15)11-7(13)5(3-4-12)8(11)18(10,16)17/h5-6,8,12H,3-4H2,1-2H3,(H,14,15)/t5-,6+,8-/m1/s1. The van der Waals surface area contributed by atoms with Crippen LogP contribution in [-0.4, -0.2) is 58.2 Å². The summed E-state index contributed by atoms with van der Waals surface area (Å²) in [7, 11) is -3.75. The van der Waals surface area contributed by atoms with E-state index >= 15 is 0 Å². The normalized spacial score (nSPS) is 36.1. The maximum atomic E-state index is 12.3. The molecule has 0 unspecified atom stereocenters. The van der Waals surface area contributed by atoms with Gasteiger partial charge in [0.05, 0.1) is 10.7 Å². The van der Waals surface area contributed by atoms with Gasteiger partial charge in [-0.05, 0) is 20.3 Å². The zero-order chi connectivity index (χ0) is 13.9. The summed E-state index contributed by atoms with van der Waals surface area (Å²) in [6, 6.07) is -1.35. The van der Waals surface area contributed by atoms with E-state index in [1.165, 1.54) is 13.8 Å². The molecule has 2 aliphatic heterocycles. The van der Waals surface area contributed by atoms with Crippen molar-refractivity contribution in [2.75, 3.05) is 6.61 Å². The fourth-order valence-corrected chi connectivity index (χ4v) is 5.17. The Morgan fingerprint density at radius 3 is 2.44 bits per heavy atom. The first kappa shape index (κ1) is 13.3. The molecule has 0 bridgehead atoms. The van der Waals surface area contributed by atoms with Gasteiger partial charge in [0.25, 0.3) is 0 Å². The molecule has 2 heterocycles. The topological polar surface area (TPSA) is 112 Å². The monoisotopic (exact) mass is 277 g/mol. The third-order valence-electron chi connectivity index (χ3n) is 3.85. The van der Waals surface area contributed by atoms with Gasteiger partial charge in [0.15, 0.2) is 9.84 Å². The number of carboxylic acid groups (broad SMARTS) is 1. The van der Waals surface area contributed by atoms with Crippen LogP contribution in [0.2, 0.25) is 0 Å². The first-order valence-electron chi connectivity index (χ1n) is 5.57. The second kappa shape index (κ2) is 3.67.